The number of urea groups is 1. The highest BCUT2D eigenvalue weighted by molar-refractivity contribution is 5.75. The van der Waals surface area contributed by atoms with Gasteiger partial charge in [-0.05, 0) is 12.8 Å². The predicted molar refractivity (Wildman–Crippen MR) is 60.8 cm³/mol. The Balaban J connectivity index is 1.90. The average molecular weight is 244 g/mol. The first-order valence-electron chi connectivity index (χ1n) is 6.09. The molecule has 0 aromatic rings. The van der Waals surface area contributed by atoms with Gasteiger partial charge in [-0.3, -0.25) is 0 Å². The Morgan fingerprint density at radius 2 is 1.76 bits per heavy atom. The molecule has 0 bridgehead atoms. The van der Waals surface area contributed by atoms with E-state index in [4.69, 9.17) is 9.47 Å². The second kappa shape index (κ2) is 5.66. The zero-order valence-electron chi connectivity index (χ0n) is 9.98. The molecule has 6 heteroatoms. The lowest BCUT2D eigenvalue weighted by atomic mass is 9.91. The fraction of sp³-hybridized carbons (Fsp3) is 0.909. The summed E-state index contributed by atoms with van der Waals surface area (Å²) in [6, 6.07) is -0.107. The summed E-state index contributed by atoms with van der Waals surface area (Å²) in [6.45, 7) is 3.54. The number of ether oxygens (including phenoxy) is 2. The van der Waals surface area contributed by atoms with E-state index in [0.29, 0.717) is 52.4 Å². The molecule has 0 unspecified atom stereocenters. The lowest BCUT2D eigenvalue weighted by molar-refractivity contribution is 0.00948. The fourth-order valence-electron chi connectivity index (χ4n) is 2.16. The first kappa shape index (κ1) is 12.6. The van der Waals surface area contributed by atoms with Gasteiger partial charge in [0.1, 0.15) is 0 Å². The molecule has 0 radical (unpaired) electrons. The van der Waals surface area contributed by atoms with Gasteiger partial charge < -0.3 is 24.8 Å². The second-order valence-electron chi connectivity index (χ2n) is 4.58. The van der Waals surface area contributed by atoms with Crippen molar-refractivity contribution in [3.05, 3.63) is 0 Å². The molecular weight excluding hydrogens is 224 g/mol. The van der Waals surface area contributed by atoms with Crippen LogP contribution in [0.3, 0.4) is 0 Å². The Bertz CT molecular complexity index is 260. The summed E-state index contributed by atoms with van der Waals surface area (Å²) in [6.07, 6.45) is 1.33. The summed E-state index contributed by atoms with van der Waals surface area (Å²) in [5.74, 6) is 0. The van der Waals surface area contributed by atoms with Gasteiger partial charge in [0.05, 0.1) is 25.4 Å². The molecule has 0 atom stereocenters. The molecular formula is C11H20N2O4. The SMILES string of the molecule is O=C(NC1(CO)CCOCC1)N1CCOCC1. The molecule has 2 rings (SSSR count). The van der Waals surface area contributed by atoms with Crippen LogP contribution in [0, 0.1) is 0 Å². The van der Waals surface area contributed by atoms with E-state index in [1.165, 1.54) is 0 Å². The molecule has 2 saturated heterocycles. The Morgan fingerprint density at radius 3 is 2.35 bits per heavy atom. The van der Waals surface area contributed by atoms with E-state index in [9.17, 15) is 9.90 Å². The first-order chi connectivity index (χ1) is 8.26. The summed E-state index contributed by atoms with van der Waals surface area (Å²) < 4.78 is 10.5. The minimum absolute atomic E-state index is 0.0353. The van der Waals surface area contributed by atoms with Gasteiger partial charge in [0.15, 0.2) is 0 Å². The number of hydrogen-bond acceptors (Lipinski definition) is 4. The van der Waals surface area contributed by atoms with Crippen LogP contribution in [0.25, 0.3) is 0 Å². The summed E-state index contributed by atoms with van der Waals surface area (Å²) in [7, 11) is 0. The number of aliphatic hydroxyl groups is 1. The van der Waals surface area contributed by atoms with Crippen molar-refractivity contribution in [1.82, 2.24) is 10.2 Å². The van der Waals surface area contributed by atoms with Crippen LogP contribution in [0.15, 0.2) is 0 Å². The molecule has 0 aromatic heterocycles. The molecule has 17 heavy (non-hydrogen) atoms. The van der Waals surface area contributed by atoms with E-state index in [2.05, 4.69) is 5.32 Å². The van der Waals surface area contributed by atoms with Crippen LogP contribution in [0.2, 0.25) is 0 Å². The van der Waals surface area contributed by atoms with E-state index >= 15 is 0 Å². The Labute approximate surface area is 101 Å². The minimum Gasteiger partial charge on any atom is -0.394 e. The lowest BCUT2D eigenvalue weighted by Crippen LogP contribution is -2.59. The molecule has 0 aromatic carbocycles. The van der Waals surface area contributed by atoms with Crippen LogP contribution in [0.4, 0.5) is 4.79 Å². The largest absolute Gasteiger partial charge is 0.394 e. The van der Waals surface area contributed by atoms with Crippen LogP contribution in [-0.2, 0) is 9.47 Å². The maximum absolute atomic E-state index is 12.0. The molecule has 2 aliphatic heterocycles. The van der Waals surface area contributed by atoms with Crippen LogP contribution in [-0.4, -0.2) is 67.7 Å². The number of carbonyl (C=O) groups is 1. The van der Waals surface area contributed by atoms with E-state index in [-0.39, 0.29) is 12.6 Å². The van der Waals surface area contributed by atoms with Crippen LogP contribution in [0.5, 0.6) is 0 Å². The number of nitrogens with one attached hydrogen (secondary N) is 1. The predicted octanol–water partition coefficient (Wildman–Crippen LogP) is -0.430. The van der Waals surface area contributed by atoms with Gasteiger partial charge in [-0.15, -0.1) is 0 Å². The molecule has 2 aliphatic rings. The standard InChI is InChI=1S/C11H20N2O4/c14-9-11(1-5-16-6-2-11)12-10(15)13-3-7-17-8-4-13/h14H,1-9H2,(H,12,15). The molecule has 2 heterocycles. The third kappa shape index (κ3) is 3.08. The maximum Gasteiger partial charge on any atom is 0.318 e. The summed E-state index contributed by atoms with van der Waals surface area (Å²) in [5, 5.41) is 12.4. The molecule has 2 N–H and O–H groups in total. The third-order valence-corrected chi connectivity index (χ3v) is 3.42. The first-order valence-corrected chi connectivity index (χ1v) is 6.09. The van der Waals surface area contributed by atoms with E-state index in [1.807, 2.05) is 0 Å². The number of hydrogen-bond donors (Lipinski definition) is 2. The van der Waals surface area contributed by atoms with Crippen molar-refractivity contribution in [1.29, 1.82) is 0 Å². The van der Waals surface area contributed by atoms with Gasteiger partial charge in [-0.2, -0.15) is 0 Å². The normalized spacial score (nSPS) is 24.4. The number of morpholine rings is 1. The van der Waals surface area contributed by atoms with Crippen LogP contribution < -0.4 is 5.32 Å². The molecule has 2 amide bonds. The molecule has 0 saturated carbocycles. The van der Waals surface area contributed by atoms with Gasteiger partial charge in [-0.25, -0.2) is 4.79 Å². The minimum atomic E-state index is -0.506. The molecule has 98 valence electrons. The Hall–Kier alpha value is -0.850. The summed E-state index contributed by atoms with van der Waals surface area (Å²) in [5.41, 5.74) is -0.506. The van der Waals surface area contributed by atoms with Crippen molar-refractivity contribution >= 4 is 6.03 Å². The number of amides is 2. The van der Waals surface area contributed by atoms with Gasteiger partial charge in [0.25, 0.3) is 0 Å². The molecule has 0 spiro atoms. The van der Waals surface area contributed by atoms with Crippen molar-refractivity contribution in [3.8, 4) is 0 Å². The van der Waals surface area contributed by atoms with Gasteiger partial charge in [0, 0.05) is 26.3 Å². The number of nitrogens with zero attached hydrogens (tertiary/aromatic N) is 1. The third-order valence-electron chi connectivity index (χ3n) is 3.42. The highest BCUT2D eigenvalue weighted by atomic mass is 16.5. The van der Waals surface area contributed by atoms with Gasteiger partial charge in [0.2, 0.25) is 0 Å². The fourth-order valence-corrected chi connectivity index (χ4v) is 2.16. The van der Waals surface area contributed by atoms with Crippen molar-refractivity contribution in [3.63, 3.8) is 0 Å². The average Bonchev–Trinajstić information content (AvgIpc) is 2.41. The summed E-state index contributed by atoms with van der Waals surface area (Å²) in [4.78, 5) is 13.8. The number of aliphatic hydroxyl groups excluding tert-OH is 1. The quantitative estimate of drug-likeness (QED) is 0.691. The molecule has 0 aliphatic carbocycles. The number of carbonyl (C=O) groups excluding carboxylic acids is 1. The summed E-state index contributed by atoms with van der Waals surface area (Å²) >= 11 is 0. The molecule has 2 fully saturated rings. The zero-order chi connectivity index (χ0) is 12.1. The van der Waals surface area contributed by atoms with E-state index in [1.54, 1.807) is 4.90 Å². The van der Waals surface area contributed by atoms with Gasteiger partial charge >= 0.3 is 6.03 Å². The van der Waals surface area contributed by atoms with Crippen molar-refractivity contribution < 1.29 is 19.4 Å². The maximum atomic E-state index is 12.0. The van der Waals surface area contributed by atoms with E-state index < -0.39 is 5.54 Å². The van der Waals surface area contributed by atoms with Crippen molar-refractivity contribution in [2.75, 3.05) is 46.1 Å². The van der Waals surface area contributed by atoms with Crippen molar-refractivity contribution in [2.45, 2.75) is 18.4 Å². The second-order valence-corrected chi connectivity index (χ2v) is 4.58. The monoisotopic (exact) mass is 244 g/mol. The zero-order valence-corrected chi connectivity index (χ0v) is 9.98. The van der Waals surface area contributed by atoms with Crippen LogP contribution in [0.1, 0.15) is 12.8 Å². The van der Waals surface area contributed by atoms with Crippen LogP contribution >= 0.6 is 0 Å². The highest BCUT2D eigenvalue weighted by Crippen LogP contribution is 2.20. The lowest BCUT2D eigenvalue weighted by Gasteiger charge is -2.38. The highest BCUT2D eigenvalue weighted by Gasteiger charge is 2.35. The number of rotatable bonds is 2. The van der Waals surface area contributed by atoms with E-state index in [0.717, 1.165) is 0 Å². The topological polar surface area (TPSA) is 71.0 Å². The Kier molecular flexibility index (Phi) is 4.20. The van der Waals surface area contributed by atoms with Gasteiger partial charge in [-0.1, -0.05) is 0 Å². The smallest absolute Gasteiger partial charge is 0.318 e. The van der Waals surface area contributed by atoms with Crippen molar-refractivity contribution in [2.24, 2.45) is 0 Å². The molecule has 6 nitrogen and oxygen atoms in total. The Morgan fingerprint density at radius 1 is 1.18 bits per heavy atom.